The number of esters is 1. The van der Waals surface area contributed by atoms with Gasteiger partial charge < -0.3 is 4.74 Å². The van der Waals surface area contributed by atoms with Crippen molar-refractivity contribution in [3.05, 3.63) is 41.5 Å². The molecule has 0 amide bonds. The lowest BCUT2D eigenvalue weighted by molar-refractivity contribution is -0.140. The van der Waals surface area contributed by atoms with Gasteiger partial charge >= 0.3 is 12.1 Å². The van der Waals surface area contributed by atoms with Crippen LogP contribution in [0, 0.1) is 5.82 Å². The van der Waals surface area contributed by atoms with Gasteiger partial charge in [0.25, 0.3) is 0 Å². The summed E-state index contributed by atoms with van der Waals surface area (Å²) in [5.41, 5.74) is -1.56. The fraction of sp³-hybridized carbons (Fsp3) is 0.250. The quantitative estimate of drug-likeness (QED) is 0.646. The number of hydrogen-bond acceptors (Lipinski definition) is 4. The molecule has 2 aromatic rings. The minimum Gasteiger partial charge on any atom is -0.461 e. The lowest BCUT2D eigenvalue weighted by atomic mass is 10.2. The molecule has 1 aromatic carbocycles. The summed E-state index contributed by atoms with van der Waals surface area (Å²) >= 11 is 0. The van der Waals surface area contributed by atoms with Crippen LogP contribution in [0.25, 0.3) is 5.69 Å². The van der Waals surface area contributed by atoms with Gasteiger partial charge in [-0.3, -0.25) is 0 Å². The third-order valence-corrected chi connectivity index (χ3v) is 2.47. The molecule has 0 aliphatic rings. The highest BCUT2D eigenvalue weighted by molar-refractivity contribution is 5.86. The van der Waals surface area contributed by atoms with Gasteiger partial charge in [-0.1, -0.05) is 0 Å². The summed E-state index contributed by atoms with van der Waals surface area (Å²) in [6.45, 7) is 1.74. The third kappa shape index (κ3) is 3.18. The largest absolute Gasteiger partial charge is 0.461 e. The molecule has 0 fully saturated rings. The molecule has 2 rings (SSSR count). The Morgan fingerprint density at radius 3 is 2.67 bits per heavy atom. The second-order valence-corrected chi connectivity index (χ2v) is 3.90. The zero-order valence-corrected chi connectivity index (χ0v) is 10.7. The van der Waals surface area contributed by atoms with E-state index < -0.39 is 23.5 Å². The predicted octanol–water partition coefficient (Wildman–Crippen LogP) is 2.60. The van der Waals surface area contributed by atoms with Crippen molar-refractivity contribution in [2.24, 2.45) is 0 Å². The van der Waals surface area contributed by atoms with Crippen LogP contribution in [0.5, 0.6) is 0 Å². The number of rotatable bonds is 3. The van der Waals surface area contributed by atoms with E-state index in [0.29, 0.717) is 12.1 Å². The Bertz CT molecular complexity index is 667. The minimum atomic E-state index is -4.78. The Morgan fingerprint density at radius 2 is 2.10 bits per heavy atom. The third-order valence-electron chi connectivity index (χ3n) is 2.47. The molecule has 0 bridgehead atoms. The molecule has 0 aliphatic heterocycles. The van der Waals surface area contributed by atoms with Crippen LogP contribution >= 0.6 is 0 Å². The number of hydrogen-bond donors (Lipinski definition) is 0. The van der Waals surface area contributed by atoms with Crippen molar-refractivity contribution in [3.8, 4) is 5.69 Å². The van der Waals surface area contributed by atoms with Crippen molar-refractivity contribution in [1.29, 1.82) is 0 Å². The van der Waals surface area contributed by atoms with Gasteiger partial charge in [-0.25, -0.2) is 9.18 Å². The normalized spacial score (nSPS) is 11.5. The van der Waals surface area contributed by atoms with Crippen molar-refractivity contribution in [1.82, 2.24) is 15.0 Å². The van der Waals surface area contributed by atoms with Crippen LogP contribution in [0.15, 0.2) is 24.4 Å². The average Bonchev–Trinajstić information content (AvgIpc) is 2.87. The maximum absolute atomic E-state index is 13.4. The zero-order chi connectivity index (χ0) is 15.6. The second-order valence-electron chi connectivity index (χ2n) is 3.90. The number of ether oxygens (including phenoxy) is 1. The lowest BCUT2D eigenvalue weighted by Crippen LogP contribution is -2.10. The second kappa shape index (κ2) is 5.51. The van der Waals surface area contributed by atoms with Gasteiger partial charge in [-0.05, 0) is 19.1 Å². The standard InChI is InChI=1S/C12H9F4N3O2/c1-2-21-11(20)10-6-17-19(18-10)7-3-4-8(9(13)5-7)12(14,15)16/h3-6H,2H2,1H3. The van der Waals surface area contributed by atoms with Crippen molar-refractivity contribution < 1.29 is 27.1 Å². The average molecular weight is 303 g/mol. The molecule has 0 spiro atoms. The first kappa shape index (κ1) is 14.9. The molecule has 0 atom stereocenters. The van der Waals surface area contributed by atoms with Crippen LogP contribution in [0.3, 0.4) is 0 Å². The number of benzene rings is 1. The summed E-state index contributed by atoms with van der Waals surface area (Å²) in [6.07, 6.45) is -3.70. The molecule has 1 aromatic heterocycles. The van der Waals surface area contributed by atoms with E-state index in [1.165, 1.54) is 0 Å². The molecule has 0 unspecified atom stereocenters. The minimum absolute atomic E-state index is 0.0453. The lowest BCUT2D eigenvalue weighted by Gasteiger charge is -2.08. The van der Waals surface area contributed by atoms with Crippen LogP contribution in [-0.2, 0) is 10.9 Å². The molecule has 9 heteroatoms. The maximum Gasteiger partial charge on any atom is 0.419 e. The molecule has 112 valence electrons. The van der Waals surface area contributed by atoms with Crippen molar-refractivity contribution in [2.45, 2.75) is 13.1 Å². The fourth-order valence-electron chi connectivity index (χ4n) is 1.54. The van der Waals surface area contributed by atoms with Crippen molar-refractivity contribution >= 4 is 5.97 Å². The zero-order valence-electron chi connectivity index (χ0n) is 10.7. The number of halogens is 4. The number of carbonyl (C=O) groups excluding carboxylic acids is 1. The van der Waals surface area contributed by atoms with Crippen LogP contribution in [0.1, 0.15) is 23.0 Å². The molecule has 0 aliphatic carbocycles. The monoisotopic (exact) mass is 303 g/mol. The molecular formula is C12H9F4N3O2. The van der Waals surface area contributed by atoms with E-state index in [2.05, 4.69) is 14.9 Å². The topological polar surface area (TPSA) is 57.0 Å². The van der Waals surface area contributed by atoms with E-state index in [0.717, 1.165) is 17.1 Å². The maximum atomic E-state index is 13.4. The Kier molecular flexibility index (Phi) is 3.92. The summed E-state index contributed by atoms with van der Waals surface area (Å²) in [5.74, 6) is -2.17. The highest BCUT2D eigenvalue weighted by Crippen LogP contribution is 2.31. The van der Waals surface area contributed by atoms with Crippen LogP contribution in [0.2, 0.25) is 0 Å². The highest BCUT2D eigenvalue weighted by atomic mass is 19.4. The molecule has 0 radical (unpaired) electrons. The highest BCUT2D eigenvalue weighted by Gasteiger charge is 2.34. The van der Waals surface area contributed by atoms with Crippen molar-refractivity contribution in [2.75, 3.05) is 6.61 Å². The SMILES string of the molecule is CCOC(=O)c1cnn(-c2ccc(C(F)(F)F)c(F)c2)n1. The van der Waals surface area contributed by atoms with Gasteiger partial charge in [0.05, 0.1) is 24.1 Å². The van der Waals surface area contributed by atoms with Crippen LogP contribution < -0.4 is 0 Å². The first-order valence-electron chi connectivity index (χ1n) is 5.79. The van der Waals surface area contributed by atoms with Gasteiger partial charge in [0.15, 0.2) is 5.69 Å². The Labute approximate surface area is 116 Å². The van der Waals surface area contributed by atoms with Gasteiger partial charge in [0.1, 0.15) is 5.82 Å². The van der Waals surface area contributed by atoms with E-state index in [4.69, 9.17) is 0 Å². The molecule has 21 heavy (non-hydrogen) atoms. The summed E-state index contributed by atoms with van der Waals surface area (Å²) in [4.78, 5) is 12.2. The Morgan fingerprint density at radius 1 is 1.38 bits per heavy atom. The predicted molar refractivity (Wildman–Crippen MR) is 62.3 cm³/mol. The summed E-state index contributed by atoms with van der Waals surface area (Å²) in [7, 11) is 0. The van der Waals surface area contributed by atoms with E-state index in [1.807, 2.05) is 0 Å². The first-order chi connectivity index (χ1) is 9.82. The fourth-order valence-corrected chi connectivity index (χ4v) is 1.54. The van der Waals surface area contributed by atoms with Gasteiger partial charge in [-0.2, -0.15) is 23.1 Å². The van der Waals surface area contributed by atoms with Gasteiger partial charge in [0.2, 0.25) is 0 Å². The Balaban J connectivity index is 2.31. The van der Waals surface area contributed by atoms with Gasteiger partial charge in [0, 0.05) is 6.07 Å². The number of nitrogens with zero attached hydrogens (tertiary/aromatic N) is 3. The summed E-state index contributed by atoms with van der Waals surface area (Å²) < 4.78 is 55.4. The number of carbonyl (C=O) groups is 1. The van der Waals surface area contributed by atoms with E-state index in [-0.39, 0.29) is 18.0 Å². The van der Waals surface area contributed by atoms with E-state index in [9.17, 15) is 22.4 Å². The van der Waals surface area contributed by atoms with Crippen molar-refractivity contribution in [3.63, 3.8) is 0 Å². The first-order valence-corrected chi connectivity index (χ1v) is 5.79. The molecule has 0 saturated carbocycles. The Hall–Kier alpha value is -2.45. The van der Waals surface area contributed by atoms with E-state index >= 15 is 0 Å². The van der Waals surface area contributed by atoms with Crippen LogP contribution in [-0.4, -0.2) is 27.6 Å². The molecular weight excluding hydrogens is 294 g/mol. The molecule has 1 heterocycles. The molecule has 0 saturated heterocycles. The van der Waals surface area contributed by atoms with Crippen LogP contribution in [0.4, 0.5) is 17.6 Å². The van der Waals surface area contributed by atoms with Gasteiger partial charge in [-0.15, -0.1) is 5.10 Å². The molecule has 0 N–H and O–H groups in total. The number of alkyl halides is 3. The summed E-state index contributed by atoms with van der Waals surface area (Å²) in [6, 6.07) is 2.22. The smallest absolute Gasteiger partial charge is 0.419 e. The summed E-state index contributed by atoms with van der Waals surface area (Å²) in [5, 5.41) is 7.39. The van der Waals surface area contributed by atoms with E-state index in [1.54, 1.807) is 6.92 Å². The number of aromatic nitrogens is 3. The molecule has 5 nitrogen and oxygen atoms in total.